The van der Waals surface area contributed by atoms with Crippen LogP contribution in [0.15, 0.2) is 12.4 Å². The van der Waals surface area contributed by atoms with Gasteiger partial charge < -0.3 is 9.88 Å². The van der Waals surface area contributed by atoms with Gasteiger partial charge in [-0.1, -0.05) is 13.8 Å². The second-order valence-corrected chi connectivity index (χ2v) is 5.26. The van der Waals surface area contributed by atoms with Crippen molar-refractivity contribution >= 4 is 0 Å². The maximum absolute atomic E-state index is 4.39. The van der Waals surface area contributed by atoms with Crippen molar-refractivity contribution < 1.29 is 0 Å². The molecule has 16 heavy (non-hydrogen) atoms. The van der Waals surface area contributed by atoms with Crippen LogP contribution >= 0.6 is 0 Å². The first-order chi connectivity index (χ1) is 7.65. The zero-order chi connectivity index (χ0) is 11.6. The van der Waals surface area contributed by atoms with Crippen LogP contribution in [-0.4, -0.2) is 22.1 Å². The van der Waals surface area contributed by atoms with Gasteiger partial charge in [0.15, 0.2) is 0 Å². The molecular formula is C13H23N3. The molecule has 0 aliphatic heterocycles. The summed E-state index contributed by atoms with van der Waals surface area (Å²) in [6, 6.07) is 0.661. The third-order valence-corrected chi connectivity index (χ3v) is 3.91. The van der Waals surface area contributed by atoms with E-state index in [-0.39, 0.29) is 0 Å². The maximum Gasteiger partial charge on any atom is 0.108 e. The Kier molecular flexibility index (Phi) is 3.33. The van der Waals surface area contributed by atoms with Gasteiger partial charge in [-0.2, -0.15) is 0 Å². The highest BCUT2D eigenvalue weighted by Crippen LogP contribution is 2.49. The number of hydrogen-bond acceptors (Lipinski definition) is 2. The zero-order valence-corrected chi connectivity index (χ0v) is 10.7. The lowest BCUT2D eigenvalue weighted by Gasteiger charge is -2.24. The summed E-state index contributed by atoms with van der Waals surface area (Å²) < 4.78 is 2.12. The summed E-state index contributed by atoms with van der Waals surface area (Å²) in [5, 5.41) is 3.63. The molecule has 1 N–H and O–H groups in total. The Morgan fingerprint density at radius 2 is 2.31 bits per heavy atom. The molecule has 3 heteroatoms. The molecule has 1 heterocycles. The van der Waals surface area contributed by atoms with Crippen LogP contribution < -0.4 is 5.32 Å². The van der Waals surface area contributed by atoms with Gasteiger partial charge in [0.05, 0.1) is 0 Å². The number of aryl methyl sites for hydroxylation is 2. The summed E-state index contributed by atoms with van der Waals surface area (Å²) in [5.74, 6) is 1.20. The van der Waals surface area contributed by atoms with E-state index in [0.29, 0.717) is 11.5 Å². The second kappa shape index (κ2) is 4.58. The second-order valence-electron chi connectivity index (χ2n) is 5.26. The van der Waals surface area contributed by atoms with E-state index in [1.54, 1.807) is 0 Å². The van der Waals surface area contributed by atoms with E-state index in [1.807, 2.05) is 12.4 Å². The molecule has 0 spiro atoms. The Morgan fingerprint density at radius 3 is 2.81 bits per heavy atom. The van der Waals surface area contributed by atoms with Gasteiger partial charge in [0.2, 0.25) is 0 Å². The fraction of sp³-hybridized carbons (Fsp3) is 0.769. The van der Waals surface area contributed by atoms with Gasteiger partial charge in [-0.05, 0) is 31.2 Å². The summed E-state index contributed by atoms with van der Waals surface area (Å²) in [6.07, 6.45) is 8.95. The first-order valence-electron chi connectivity index (χ1n) is 6.35. The largest absolute Gasteiger partial charge is 0.338 e. The minimum absolute atomic E-state index is 0.557. The normalized spacial score (nSPS) is 19.7. The molecule has 1 saturated carbocycles. The molecule has 0 radical (unpaired) electrons. The summed E-state index contributed by atoms with van der Waals surface area (Å²) in [5.41, 5.74) is 0.557. The fourth-order valence-corrected chi connectivity index (χ4v) is 2.40. The average molecular weight is 221 g/mol. The molecule has 0 aromatic carbocycles. The van der Waals surface area contributed by atoms with Crippen molar-refractivity contribution in [1.29, 1.82) is 0 Å². The Bertz CT molecular complexity index is 339. The van der Waals surface area contributed by atoms with Gasteiger partial charge in [-0.3, -0.25) is 0 Å². The number of nitrogens with one attached hydrogen (secondary N) is 1. The van der Waals surface area contributed by atoms with Crippen LogP contribution in [0.4, 0.5) is 0 Å². The highest BCUT2D eigenvalue weighted by molar-refractivity contribution is 5.01. The monoisotopic (exact) mass is 221 g/mol. The molecule has 90 valence electrons. The van der Waals surface area contributed by atoms with Crippen molar-refractivity contribution in [2.75, 3.05) is 6.54 Å². The van der Waals surface area contributed by atoms with Crippen LogP contribution in [0.25, 0.3) is 0 Å². The Labute approximate surface area is 98.3 Å². The molecule has 1 aliphatic rings. The third kappa shape index (κ3) is 2.46. The third-order valence-electron chi connectivity index (χ3n) is 3.91. The van der Waals surface area contributed by atoms with Crippen molar-refractivity contribution in [3.63, 3.8) is 0 Å². The summed E-state index contributed by atoms with van der Waals surface area (Å²) >= 11 is 0. The molecule has 0 saturated heterocycles. The standard InChI is InChI=1S/C13H23N3/c1-4-14-11(13(2)7-8-13)5-6-12-15-9-10-16(12)3/h9-11,14H,4-8H2,1-3H3. The molecule has 1 aromatic rings. The minimum Gasteiger partial charge on any atom is -0.338 e. The molecule has 0 amide bonds. The molecular weight excluding hydrogens is 198 g/mol. The first kappa shape index (κ1) is 11.6. The number of hydrogen-bond donors (Lipinski definition) is 1. The van der Waals surface area contributed by atoms with Crippen LogP contribution in [0.3, 0.4) is 0 Å². The number of rotatable bonds is 6. The van der Waals surface area contributed by atoms with Crippen molar-refractivity contribution in [1.82, 2.24) is 14.9 Å². The highest BCUT2D eigenvalue weighted by atomic mass is 15.0. The van der Waals surface area contributed by atoms with Gasteiger partial charge in [0.25, 0.3) is 0 Å². The molecule has 2 rings (SSSR count). The number of aromatic nitrogens is 2. The predicted octanol–water partition coefficient (Wildman–Crippen LogP) is 2.13. The predicted molar refractivity (Wildman–Crippen MR) is 66.3 cm³/mol. The molecule has 1 fully saturated rings. The molecule has 3 nitrogen and oxygen atoms in total. The van der Waals surface area contributed by atoms with Gasteiger partial charge in [-0.15, -0.1) is 0 Å². The molecule has 1 aromatic heterocycles. The lowest BCUT2D eigenvalue weighted by molar-refractivity contribution is 0.340. The van der Waals surface area contributed by atoms with E-state index in [2.05, 4.69) is 35.8 Å². The number of imidazole rings is 1. The molecule has 1 unspecified atom stereocenters. The summed E-state index contributed by atoms with van der Waals surface area (Å²) in [4.78, 5) is 4.39. The van der Waals surface area contributed by atoms with Crippen LogP contribution in [0.2, 0.25) is 0 Å². The minimum atomic E-state index is 0.557. The summed E-state index contributed by atoms with van der Waals surface area (Å²) in [6.45, 7) is 5.67. The lowest BCUT2D eigenvalue weighted by Crippen LogP contribution is -2.36. The van der Waals surface area contributed by atoms with Crippen molar-refractivity contribution in [3.05, 3.63) is 18.2 Å². The average Bonchev–Trinajstić information content (AvgIpc) is 2.87. The van der Waals surface area contributed by atoms with Gasteiger partial charge >= 0.3 is 0 Å². The van der Waals surface area contributed by atoms with Gasteiger partial charge in [0, 0.05) is 31.9 Å². The van der Waals surface area contributed by atoms with Crippen molar-refractivity contribution in [2.24, 2.45) is 12.5 Å². The van der Waals surface area contributed by atoms with Crippen LogP contribution in [0.5, 0.6) is 0 Å². The van der Waals surface area contributed by atoms with E-state index >= 15 is 0 Å². The lowest BCUT2D eigenvalue weighted by atomic mass is 9.94. The smallest absolute Gasteiger partial charge is 0.108 e. The summed E-state index contributed by atoms with van der Waals surface area (Å²) in [7, 11) is 2.07. The Hall–Kier alpha value is -0.830. The molecule has 1 aliphatic carbocycles. The van der Waals surface area contributed by atoms with E-state index in [1.165, 1.54) is 25.1 Å². The van der Waals surface area contributed by atoms with Gasteiger partial charge in [-0.25, -0.2) is 4.98 Å². The molecule has 1 atom stereocenters. The van der Waals surface area contributed by atoms with Crippen LogP contribution in [-0.2, 0) is 13.5 Å². The highest BCUT2D eigenvalue weighted by Gasteiger charge is 2.43. The van der Waals surface area contributed by atoms with Crippen LogP contribution in [0, 0.1) is 5.41 Å². The molecule has 0 bridgehead atoms. The van der Waals surface area contributed by atoms with Crippen molar-refractivity contribution in [2.45, 2.75) is 45.6 Å². The van der Waals surface area contributed by atoms with Crippen molar-refractivity contribution in [3.8, 4) is 0 Å². The Morgan fingerprint density at radius 1 is 1.56 bits per heavy atom. The topological polar surface area (TPSA) is 29.9 Å². The zero-order valence-electron chi connectivity index (χ0n) is 10.7. The van der Waals surface area contributed by atoms with Gasteiger partial charge in [0.1, 0.15) is 5.82 Å². The van der Waals surface area contributed by atoms with E-state index in [9.17, 15) is 0 Å². The first-order valence-corrected chi connectivity index (χ1v) is 6.35. The van der Waals surface area contributed by atoms with E-state index in [4.69, 9.17) is 0 Å². The van der Waals surface area contributed by atoms with Crippen LogP contribution in [0.1, 0.15) is 38.9 Å². The SMILES string of the molecule is CCNC(CCc1nccn1C)C1(C)CC1. The fourth-order valence-electron chi connectivity index (χ4n) is 2.40. The quantitative estimate of drug-likeness (QED) is 0.797. The van der Waals surface area contributed by atoms with E-state index < -0.39 is 0 Å². The Balaban J connectivity index is 1.89. The maximum atomic E-state index is 4.39. The number of nitrogens with zero attached hydrogens (tertiary/aromatic N) is 2. The van der Waals surface area contributed by atoms with E-state index in [0.717, 1.165) is 13.0 Å².